The predicted molar refractivity (Wildman–Crippen MR) is 35.7 cm³/mol. The number of fused-ring (bicyclic) bond motifs is 1. The van der Waals surface area contributed by atoms with Gasteiger partial charge in [-0.25, -0.2) is 0 Å². The predicted octanol–water partition coefficient (Wildman–Crippen LogP) is 0.744. The van der Waals surface area contributed by atoms with Crippen LogP contribution in [0, 0.1) is 6.07 Å². The normalized spacial score (nSPS) is 13.8. The average Bonchev–Trinajstić information content (AvgIpc) is 2.33. The minimum absolute atomic E-state index is 0.970. The summed E-state index contributed by atoms with van der Waals surface area (Å²) in [5.74, 6) is 0. The van der Waals surface area contributed by atoms with Crippen molar-refractivity contribution >= 4 is 11.4 Å². The van der Waals surface area contributed by atoms with E-state index in [0.29, 0.717) is 0 Å². The van der Waals surface area contributed by atoms with Crippen LogP contribution in [-0.4, -0.2) is 0 Å². The molecule has 0 saturated carbocycles. The van der Waals surface area contributed by atoms with Crippen LogP contribution >= 0.6 is 0 Å². The molecular formula is C6H6N3. The highest BCUT2D eigenvalue weighted by molar-refractivity contribution is 5.70. The first-order chi connectivity index (χ1) is 4.47. The monoisotopic (exact) mass is 120 g/mol. The van der Waals surface area contributed by atoms with Crippen LogP contribution in [0.5, 0.6) is 0 Å². The van der Waals surface area contributed by atoms with E-state index >= 15 is 0 Å². The van der Waals surface area contributed by atoms with Crippen molar-refractivity contribution in [1.82, 2.24) is 5.53 Å². The van der Waals surface area contributed by atoms with E-state index in [1.54, 1.807) is 0 Å². The third-order valence-corrected chi connectivity index (χ3v) is 1.24. The van der Waals surface area contributed by atoms with Crippen LogP contribution in [0.2, 0.25) is 0 Å². The van der Waals surface area contributed by atoms with Crippen molar-refractivity contribution < 1.29 is 0 Å². The molecule has 9 heavy (non-hydrogen) atoms. The second-order valence-corrected chi connectivity index (χ2v) is 1.83. The molecule has 0 spiro atoms. The van der Waals surface area contributed by atoms with E-state index in [1.807, 2.05) is 18.2 Å². The van der Waals surface area contributed by atoms with Gasteiger partial charge in [0.25, 0.3) is 0 Å². The SMILES string of the molecule is [c]1cccc2c1NNN2. The molecular weight excluding hydrogens is 114 g/mol. The minimum atomic E-state index is 0.970. The van der Waals surface area contributed by atoms with Gasteiger partial charge < -0.3 is 10.9 Å². The van der Waals surface area contributed by atoms with E-state index in [4.69, 9.17) is 0 Å². The van der Waals surface area contributed by atoms with E-state index in [1.165, 1.54) is 0 Å². The number of hydrogen-bond donors (Lipinski definition) is 3. The van der Waals surface area contributed by atoms with Crippen molar-refractivity contribution in [3.63, 3.8) is 0 Å². The smallest absolute Gasteiger partial charge is 0.0829 e. The van der Waals surface area contributed by atoms with Gasteiger partial charge in [-0.1, -0.05) is 12.1 Å². The second-order valence-electron chi connectivity index (χ2n) is 1.83. The van der Waals surface area contributed by atoms with Crippen LogP contribution in [0.3, 0.4) is 0 Å². The molecule has 3 nitrogen and oxygen atoms in total. The number of hydrazine groups is 2. The molecule has 0 fully saturated rings. The average molecular weight is 120 g/mol. The molecule has 0 aromatic heterocycles. The fourth-order valence-electron chi connectivity index (χ4n) is 0.806. The molecule has 1 aliphatic rings. The Bertz CT molecular complexity index is 198. The lowest BCUT2D eigenvalue weighted by Gasteiger charge is -1.90. The van der Waals surface area contributed by atoms with Crippen LogP contribution < -0.4 is 16.4 Å². The molecule has 0 atom stereocenters. The van der Waals surface area contributed by atoms with Crippen LogP contribution in [0.25, 0.3) is 0 Å². The van der Waals surface area contributed by atoms with Gasteiger partial charge in [0, 0.05) is 6.07 Å². The largest absolute Gasteiger partial charge is 0.302 e. The minimum Gasteiger partial charge on any atom is -0.302 e. The van der Waals surface area contributed by atoms with Gasteiger partial charge in [0.05, 0.1) is 11.4 Å². The van der Waals surface area contributed by atoms with E-state index in [-0.39, 0.29) is 0 Å². The summed E-state index contributed by atoms with van der Waals surface area (Å²) in [7, 11) is 0. The van der Waals surface area contributed by atoms with E-state index < -0.39 is 0 Å². The Kier molecular flexibility index (Phi) is 0.841. The lowest BCUT2D eigenvalue weighted by molar-refractivity contribution is 1.01. The maximum atomic E-state index is 3.01. The summed E-state index contributed by atoms with van der Waals surface area (Å²) in [6, 6.07) is 8.78. The fraction of sp³-hybridized carbons (Fsp3) is 0. The van der Waals surface area contributed by atoms with Gasteiger partial charge in [0.2, 0.25) is 0 Å². The van der Waals surface area contributed by atoms with Crippen molar-refractivity contribution in [1.29, 1.82) is 0 Å². The van der Waals surface area contributed by atoms with Gasteiger partial charge in [0.1, 0.15) is 0 Å². The highest BCUT2D eigenvalue weighted by atomic mass is 15.6. The topological polar surface area (TPSA) is 36.1 Å². The van der Waals surface area contributed by atoms with Gasteiger partial charge in [0.15, 0.2) is 0 Å². The molecule has 0 unspecified atom stereocenters. The Morgan fingerprint density at radius 1 is 1.33 bits per heavy atom. The zero-order valence-corrected chi connectivity index (χ0v) is 4.73. The maximum absolute atomic E-state index is 3.01. The summed E-state index contributed by atoms with van der Waals surface area (Å²) < 4.78 is 0. The van der Waals surface area contributed by atoms with E-state index in [9.17, 15) is 0 Å². The Morgan fingerprint density at radius 2 is 2.33 bits per heavy atom. The van der Waals surface area contributed by atoms with Crippen LogP contribution in [-0.2, 0) is 0 Å². The second kappa shape index (κ2) is 1.63. The quantitative estimate of drug-likeness (QED) is 0.472. The van der Waals surface area contributed by atoms with Gasteiger partial charge in [-0.15, -0.1) is 5.53 Å². The van der Waals surface area contributed by atoms with Crippen molar-refractivity contribution in [2.75, 3.05) is 10.9 Å². The zero-order chi connectivity index (χ0) is 6.10. The van der Waals surface area contributed by atoms with E-state index in [0.717, 1.165) is 11.4 Å². The van der Waals surface area contributed by atoms with Crippen LogP contribution in [0.1, 0.15) is 0 Å². The fourth-order valence-corrected chi connectivity index (χ4v) is 0.806. The summed E-state index contributed by atoms with van der Waals surface area (Å²) in [5, 5.41) is 0. The summed E-state index contributed by atoms with van der Waals surface area (Å²) in [5.41, 5.74) is 10.6. The number of rotatable bonds is 0. The Balaban J connectivity index is 2.54. The molecule has 3 heteroatoms. The van der Waals surface area contributed by atoms with Crippen molar-refractivity contribution in [2.45, 2.75) is 0 Å². The van der Waals surface area contributed by atoms with Gasteiger partial charge in [-0.05, 0) is 6.07 Å². The summed E-state index contributed by atoms with van der Waals surface area (Å²) in [6.45, 7) is 0. The van der Waals surface area contributed by atoms with Crippen molar-refractivity contribution in [3.8, 4) is 0 Å². The molecule has 45 valence electrons. The van der Waals surface area contributed by atoms with E-state index in [2.05, 4.69) is 22.5 Å². The molecule has 1 aliphatic heterocycles. The zero-order valence-electron chi connectivity index (χ0n) is 4.73. The molecule has 0 saturated heterocycles. The number of nitrogens with one attached hydrogen (secondary N) is 3. The molecule has 1 heterocycles. The standard InChI is InChI=1S/C6H6N3/c1-2-4-6-5(3-1)7-9-8-6/h1-3,7-9H. The number of para-hydroxylation sites is 1. The molecule has 3 N–H and O–H groups in total. The Labute approximate surface area is 53.0 Å². The third-order valence-electron chi connectivity index (χ3n) is 1.24. The van der Waals surface area contributed by atoms with Crippen LogP contribution in [0.4, 0.5) is 11.4 Å². The number of hydrogen-bond acceptors (Lipinski definition) is 3. The third kappa shape index (κ3) is 0.622. The van der Waals surface area contributed by atoms with Crippen molar-refractivity contribution in [3.05, 3.63) is 24.3 Å². The Morgan fingerprint density at radius 3 is 3.22 bits per heavy atom. The summed E-state index contributed by atoms with van der Waals surface area (Å²) >= 11 is 0. The van der Waals surface area contributed by atoms with Crippen molar-refractivity contribution in [2.24, 2.45) is 0 Å². The highest BCUT2D eigenvalue weighted by Crippen LogP contribution is 2.21. The number of benzene rings is 1. The summed E-state index contributed by atoms with van der Waals surface area (Å²) in [4.78, 5) is 0. The maximum Gasteiger partial charge on any atom is 0.0829 e. The molecule has 2 rings (SSSR count). The molecule has 1 aromatic carbocycles. The van der Waals surface area contributed by atoms with Gasteiger partial charge in [-0.2, -0.15) is 0 Å². The lowest BCUT2D eigenvalue weighted by Crippen LogP contribution is -2.19. The first kappa shape index (κ1) is 4.64. The first-order valence-electron chi connectivity index (χ1n) is 2.74. The summed E-state index contributed by atoms with van der Waals surface area (Å²) in [6.07, 6.45) is 0. The Hall–Kier alpha value is -1.22. The number of anilines is 2. The molecule has 0 bridgehead atoms. The molecule has 1 aromatic rings. The highest BCUT2D eigenvalue weighted by Gasteiger charge is 2.04. The lowest BCUT2D eigenvalue weighted by atomic mass is 10.3. The molecule has 0 aliphatic carbocycles. The molecule has 1 radical (unpaired) electrons. The van der Waals surface area contributed by atoms with Crippen LogP contribution in [0.15, 0.2) is 18.2 Å². The van der Waals surface area contributed by atoms with Gasteiger partial charge >= 0.3 is 0 Å². The molecule has 0 amide bonds. The first-order valence-corrected chi connectivity index (χ1v) is 2.74. The van der Waals surface area contributed by atoms with Gasteiger partial charge in [-0.3, -0.25) is 0 Å².